The van der Waals surface area contributed by atoms with E-state index in [9.17, 15) is 0 Å². The van der Waals surface area contributed by atoms with Gasteiger partial charge in [-0.05, 0) is 35.8 Å². The first-order valence-electron chi connectivity index (χ1n) is 7.25. The van der Waals surface area contributed by atoms with Crippen LogP contribution < -0.4 is 0 Å². The maximum absolute atomic E-state index is 3.28. The van der Waals surface area contributed by atoms with Crippen LogP contribution in [0.5, 0.6) is 0 Å². The van der Waals surface area contributed by atoms with Gasteiger partial charge >= 0.3 is 0 Å². The molecule has 0 fully saturated rings. The smallest absolute Gasteiger partial charge is 0.00648 e. The third-order valence-corrected chi connectivity index (χ3v) is 5.37. The fourth-order valence-electron chi connectivity index (χ4n) is 2.11. The van der Waals surface area contributed by atoms with Crippen molar-refractivity contribution in [1.29, 1.82) is 0 Å². The second-order valence-electron chi connectivity index (χ2n) is 4.95. The molecule has 0 heterocycles. The minimum absolute atomic E-state index is 0. The van der Waals surface area contributed by atoms with Crippen molar-refractivity contribution in [2.45, 2.75) is 21.3 Å². The summed E-state index contributed by atoms with van der Waals surface area (Å²) in [5, 5.41) is 0. The molecule has 24 heavy (non-hydrogen) atoms. The van der Waals surface area contributed by atoms with E-state index in [1.165, 1.54) is 20.9 Å². The first kappa shape index (κ1) is 21.4. The summed E-state index contributed by atoms with van der Waals surface area (Å²) in [6, 6.07) is 30.8. The molecule has 0 saturated carbocycles. The molecule has 3 aromatic carbocycles. The Hall–Kier alpha value is -0.688. The van der Waals surface area contributed by atoms with Gasteiger partial charge < -0.3 is 0 Å². The van der Waals surface area contributed by atoms with Crippen molar-refractivity contribution in [1.82, 2.24) is 0 Å². The van der Waals surface area contributed by atoms with Gasteiger partial charge in [-0.2, -0.15) is 24.3 Å². The molecule has 0 radical (unpaired) electrons. The van der Waals surface area contributed by atoms with Gasteiger partial charge in [0.1, 0.15) is 0 Å². The third-order valence-electron chi connectivity index (χ3n) is 3.21. The molecule has 4 heteroatoms. The monoisotopic (exact) mass is 463 g/mol. The molecule has 3 rings (SSSR count). The third kappa shape index (κ3) is 7.05. The normalized spacial score (nSPS) is 9.67. The minimum atomic E-state index is 0. The molecule has 0 nitrogen and oxygen atoms in total. The zero-order chi connectivity index (χ0) is 15.0. The van der Waals surface area contributed by atoms with Gasteiger partial charge in [0, 0.05) is 30.2 Å². The van der Waals surface area contributed by atoms with E-state index in [1.807, 2.05) is 23.5 Å². The maximum Gasteiger partial charge on any atom is 0.00648 e. The Morgan fingerprint density at radius 2 is 1.08 bits per heavy atom. The van der Waals surface area contributed by atoms with Gasteiger partial charge in [-0.15, -0.1) is 47.1 Å². The Morgan fingerprint density at radius 3 is 1.50 bits per heavy atom. The van der Waals surface area contributed by atoms with Crippen LogP contribution in [0, 0.1) is 6.07 Å². The molecule has 0 atom stereocenters. The molecule has 0 aromatic heterocycles. The van der Waals surface area contributed by atoms with E-state index >= 15 is 0 Å². The van der Waals surface area contributed by atoms with Crippen molar-refractivity contribution in [2.75, 3.05) is 0 Å². The van der Waals surface area contributed by atoms with E-state index in [4.69, 9.17) is 0 Å². The molecule has 0 amide bonds. The Balaban J connectivity index is 0.00000144. The van der Waals surface area contributed by atoms with E-state index in [2.05, 4.69) is 84.9 Å². The molecule has 0 aliphatic carbocycles. The summed E-state index contributed by atoms with van der Waals surface area (Å²) in [5.74, 6) is 1.98. The average molecular weight is 464 g/mol. The number of hydrogen-bond donors (Lipinski definition) is 0. The predicted octanol–water partition coefficient (Wildman–Crippen LogP) is 6.49. The Bertz CT molecular complexity index is 646. The molecule has 0 bridgehead atoms. The summed E-state index contributed by atoms with van der Waals surface area (Å²) in [6.07, 6.45) is 0. The van der Waals surface area contributed by atoms with Gasteiger partial charge in [-0.25, -0.2) is 0 Å². The fourth-order valence-corrected chi connectivity index (χ4v) is 3.81. The second-order valence-corrected chi connectivity index (χ2v) is 7.05. The number of benzene rings is 3. The molecule has 0 aliphatic rings. The van der Waals surface area contributed by atoms with Crippen molar-refractivity contribution in [3.63, 3.8) is 0 Å². The van der Waals surface area contributed by atoms with Crippen LogP contribution in [0.25, 0.3) is 0 Å². The summed E-state index contributed by atoms with van der Waals surface area (Å²) < 4.78 is 0. The Morgan fingerprint density at radius 1 is 0.667 bits per heavy atom. The van der Waals surface area contributed by atoms with E-state index in [0.717, 1.165) is 11.5 Å². The zero-order valence-corrected chi connectivity index (χ0v) is 17.0. The van der Waals surface area contributed by atoms with Crippen molar-refractivity contribution >= 4 is 35.9 Å². The van der Waals surface area contributed by atoms with E-state index < -0.39 is 0 Å². The van der Waals surface area contributed by atoms with Gasteiger partial charge in [-0.3, -0.25) is 0 Å². The number of rotatable bonds is 6. The van der Waals surface area contributed by atoms with Crippen molar-refractivity contribution in [3.8, 4) is 0 Å². The van der Waals surface area contributed by atoms with Crippen LogP contribution in [0.3, 0.4) is 0 Å². The van der Waals surface area contributed by atoms with Crippen molar-refractivity contribution < 1.29 is 20.4 Å². The first-order valence-corrected chi connectivity index (χ1v) is 9.22. The summed E-state index contributed by atoms with van der Waals surface area (Å²) in [6.45, 7) is 0. The SMILES string of the molecule is Cl.[Pd].[c-]1cc(CSc2ccccc2)cc(CSc2ccccc2)c1. The molecule has 0 aliphatic heterocycles. The molecule has 3 aromatic rings. The van der Waals surface area contributed by atoms with E-state index in [-0.39, 0.29) is 32.8 Å². The standard InChI is InChI=1S/C20H17S2.ClH.Pd/c1-3-10-19(11-4-1)21-15-17-8-7-9-18(14-17)16-22-20-12-5-2-6-13-20;;/h1-6,8-14H,15-16H2;1H;/q-1;;. The second kappa shape index (κ2) is 11.8. The predicted molar refractivity (Wildman–Crippen MR) is 105 cm³/mol. The molecule has 0 unspecified atom stereocenters. The first-order chi connectivity index (χ1) is 10.9. The minimum Gasteiger partial charge on any atom is -0.183 e. The van der Waals surface area contributed by atoms with Gasteiger partial charge in [0.15, 0.2) is 0 Å². The molecular formula is C20H18ClPdS2-. The fraction of sp³-hybridized carbons (Fsp3) is 0.100. The van der Waals surface area contributed by atoms with Gasteiger partial charge in [0.05, 0.1) is 0 Å². The zero-order valence-electron chi connectivity index (χ0n) is 13.0. The van der Waals surface area contributed by atoms with Crippen LogP contribution in [0.1, 0.15) is 11.1 Å². The van der Waals surface area contributed by atoms with E-state index in [0.29, 0.717) is 0 Å². The summed E-state index contributed by atoms with van der Waals surface area (Å²) in [5.41, 5.74) is 2.67. The Labute approximate surface area is 172 Å². The van der Waals surface area contributed by atoms with E-state index in [1.54, 1.807) is 0 Å². The van der Waals surface area contributed by atoms with Crippen LogP contribution in [0.4, 0.5) is 0 Å². The van der Waals surface area contributed by atoms with Crippen molar-refractivity contribution in [3.05, 3.63) is 96.1 Å². The van der Waals surface area contributed by atoms with Gasteiger partial charge in [0.2, 0.25) is 0 Å². The van der Waals surface area contributed by atoms with Gasteiger partial charge in [0.25, 0.3) is 0 Å². The molecule has 128 valence electrons. The quantitative estimate of drug-likeness (QED) is 0.232. The Kier molecular flexibility index (Phi) is 10.5. The van der Waals surface area contributed by atoms with Gasteiger partial charge in [-0.1, -0.05) is 36.4 Å². The summed E-state index contributed by atoms with van der Waals surface area (Å²) in [4.78, 5) is 2.62. The summed E-state index contributed by atoms with van der Waals surface area (Å²) in [7, 11) is 0. The number of thioether (sulfide) groups is 2. The maximum atomic E-state index is 3.28. The number of hydrogen-bond acceptors (Lipinski definition) is 2. The largest absolute Gasteiger partial charge is 0.183 e. The van der Waals surface area contributed by atoms with Crippen molar-refractivity contribution in [2.24, 2.45) is 0 Å². The summed E-state index contributed by atoms with van der Waals surface area (Å²) >= 11 is 3.74. The van der Waals surface area contributed by atoms with Crippen LogP contribution in [0.15, 0.2) is 88.7 Å². The average Bonchev–Trinajstić information content (AvgIpc) is 2.60. The topological polar surface area (TPSA) is 0 Å². The molecule has 0 spiro atoms. The van der Waals surface area contributed by atoms with Crippen LogP contribution in [-0.2, 0) is 31.9 Å². The molecule has 0 N–H and O–H groups in total. The number of halogens is 1. The molecule has 0 saturated heterocycles. The van der Waals surface area contributed by atoms with Crippen LogP contribution in [-0.4, -0.2) is 0 Å². The molecular weight excluding hydrogens is 446 g/mol. The van der Waals surface area contributed by atoms with Crippen LogP contribution >= 0.6 is 35.9 Å². The van der Waals surface area contributed by atoms with Crippen LogP contribution in [0.2, 0.25) is 0 Å².